The Morgan fingerprint density at radius 1 is 1.62 bits per heavy atom. The number of aromatic nitrogens is 2. The topological polar surface area (TPSA) is 52.8 Å². The van der Waals surface area contributed by atoms with Gasteiger partial charge in [0.1, 0.15) is 10.7 Å². The van der Waals surface area contributed by atoms with Crippen LogP contribution in [0.1, 0.15) is 12.1 Å². The summed E-state index contributed by atoms with van der Waals surface area (Å²) in [5.41, 5.74) is 2.21. The average molecular weight is 252 g/mol. The highest BCUT2D eigenvalue weighted by Gasteiger charge is 2.17. The predicted molar refractivity (Wildman–Crippen MR) is 66.3 cm³/mol. The molecule has 0 radical (unpaired) electrons. The molecule has 0 aliphatic carbocycles. The van der Waals surface area contributed by atoms with Gasteiger partial charge in [0.15, 0.2) is 0 Å². The molecule has 0 spiro atoms. The van der Waals surface area contributed by atoms with Gasteiger partial charge in [0.25, 0.3) is 0 Å². The van der Waals surface area contributed by atoms with Crippen LogP contribution >= 0.6 is 23.5 Å². The molecule has 1 aliphatic heterocycles. The first kappa shape index (κ1) is 11.6. The largest absolute Gasteiger partial charge is 0.302 e. The van der Waals surface area contributed by atoms with Gasteiger partial charge < -0.3 is 4.90 Å². The Balaban J connectivity index is 2.17. The van der Waals surface area contributed by atoms with Gasteiger partial charge in [-0.25, -0.2) is 0 Å². The number of rotatable bonds is 3. The molecule has 2 rings (SSSR count). The van der Waals surface area contributed by atoms with E-state index < -0.39 is 0 Å². The molecule has 0 amide bonds. The zero-order chi connectivity index (χ0) is 11.4. The fourth-order valence-corrected chi connectivity index (χ4v) is 3.01. The lowest BCUT2D eigenvalue weighted by Gasteiger charge is -2.22. The van der Waals surface area contributed by atoms with Crippen LogP contribution in [-0.4, -0.2) is 39.5 Å². The van der Waals surface area contributed by atoms with Crippen LogP contribution in [0.2, 0.25) is 0 Å². The van der Waals surface area contributed by atoms with Crippen LogP contribution in [0.25, 0.3) is 5.57 Å². The van der Waals surface area contributed by atoms with Crippen molar-refractivity contribution in [1.29, 1.82) is 5.26 Å². The molecule has 0 N–H and O–H groups in total. The summed E-state index contributed by atoms with van der Waals surface area (Å²) in [6.45, 7) is 2.02. The molecular formula is C10H12N4S2. The molecule has 0 unspecified atom stereocenters. The molecule has 0 aromatic carbocycles. The van der Waals surface area contributed by atoms with Crippen molar-refractivity contribution in [2.45, 2.75) is 11.4 Å². The van der Waals surface area contributed by atoms with Gasteiger partial charge in [-0.05, 0) is 19.0 Å². The Hall–Kier alpha value is -0.900. The molecule has 1 aliphatic rings. The normalized spacial score (nSPS) is 16.9. The van der Waals surface area contributed by atoms with Gasteiger partial charge in [-0.15, -0.1) is 0 Å². The van der Waals surface area contributed by atoms with E-state index in [-0.39, 0.29) is 0 Å². The number of likely N-dealkylation sites (N-methyl/N-ethyl adjacent to an activating group) is 1. The maximum absolute atomic E-state index is 8.57. The minimum absolute atomic E-state index is 0.432. The third-order valence-corrected chi connectivity index (χ3v) is 3.85. The second kappa shape index (κ2) is 5.43. The molecule has 0 atom stereocenters. The van der Waals surface area contributed by atoms with Gasteiger partial charge >= 0.3 is 0 Å². The van der Waals surface area contributed by atoms with Crippen LogP contribution < -0.4 is 0 Å². The van der Waals surface area contributed by atoms with Gasteiger partial charge in [0, 0.05) is 13.1 Å². The second-order valence-electron chi connectivity index (χ2n) is 3.62. The van der Waals surface area contributed by atoms with Crippen LogP contribution in [0.4, 0.5) is 0 Å². The lowest BCUT2D eigenvalue weighted by Crippen LogP contribution is -2.25. The summed E-state index contributed by atoms with van der Waals surface area (Å²) in [6.07, 6.45) is 3.29. The summed E-state index contributed by atoms with van der Waals surface area (Å²) < 4.78 is 8.57. The smallest absolute Gasteiger partial charge is 0.139 e. The zero-order valence-corrected chi connectivity index (χ0v) is 10.6. The summed E-state index contributed by atoms with van der Waals surface area (Å²) in [6, 6.07) is 2.11. The predicted octanol–water partition coefficient (Wildman–Crippen LogP) is 1.87. The minimum atomic E-state index is 0.432. The van der Waals surface area contributed by atoms with Crippen molar-refractivity contribution >= 4 is 29.1 Å². The van der Waals surface area contributed by atoms with Crippen LogP contribution in [0.15, 0.2) is 11.1 Å². The highest BCUT2D eigenvalue weighted by molar-refractivity contribution is 7.99. The Morgan fingerprint density at radius 3 is 3.25 bits per heavy atom. The van der Waals surface area contributed by atoms with Crippen molar-refractivity contribution in [3.05, 3.63) is 11.8 Å². The molecule has 0 bridgehead atoms. The van der Waals surface area contributed by atoms with E-state index in [9.17, 15) is 0 Å². The highest BCUT2D eigenvalue weighted by Crippen LogP contribution is 2.28. The summed E-state index contributed by atoms with van der Waals surface area (Å²) in [7, 11) is 2.11. The molecule has 0 saturated heterocycles. The first-order valence-electron chi connectivity index (χ1n) is 5.01. The lowest BCUT2D eigenvalue weighted by atomic mass is 10.1. The maximum Gasteiger partial charge on any atom is 0.139 e. The van der Waals surface area contributed by atoms with Crippen molar-refractivity contribution < 1.29 is 0 Å². The van der Waals surface area contributed by atoms with Crippen LogP contribution in [0.3, 0.4) is 0 Å². The Kier molecular flexibility index (Phi) is 3.93. The maximum atomic E-state index is 8.57. The molecule has 84 valence electrons. The van der Waals surface area contributed by atoms with Gasteiger partial charge in [0.2, 0.25) is 0 Å². The zero-order valence-electron chi connectivity index (χ0n) is 9.01. The number of hydrogen-bond acceptors (Lipinski definition) is 6. The van der Waals surface area contributed by atoms with E-state index in [2.05, 4.69) is 32.8 Å². The molecule has 1 aromatic heterocycles. The molecule has 4 nitrogen and oxygen atoms in total. The van der Waals surface area contributed by atoms with Gasteiger partial charge in [-0.1, -0.05) is 17.8 Å². The second-order valence-corrected chi connectivity index (χ2v) is 5.11. The molecule has 0 saturated carbocycles. The molecule has 1 aromatic rings. The van der Waals surface area contributed by atoms with Gasteiger partial charge in [-0.2, -0.15) is 14.0 Å². The van der Waals surface area contributed by atoms with Crippen molar-refractivity contribution in [1.82, 2.24) is 13.6 Å². The fourth-order valence-electron chi connectivity index (χ4n) is 1.64. The summed E-state index contributed by atoms with van der Waals surface area (Å²) in [5.74, 6) is 0.432. The summed E-state index contributed by atoms with van der Waals surface area (Å²) in [5, 5.41) is 9.47. The van der Waals surface area contributed by atoms with E-state index >= 15 is 0 Å². The lowest BCUT2D eigenvalue weighted by molar-refractivity contribution is 0.372. The van der Waals surface area contributed by atoms with E-state index in [1.807, 2.05) is 0 Å². The van der Waals surface area contributed by atoms with E-state index in [1.165, 1.54) is 29.1 Å². The average Bonchev–Trinajstić information content (AvgIpc) is 2.74. The standard InChI is InChI=1S/C10H12N4S2/c1-14-5-2-3-8(7-14)9-10(13-16-12-9)15-6-4-11/h3H,2,5-7H2,1H3. The number of thioether (sulfide) groups is 1. The van der Waals surface area contributed by atoms with E-state index in [0.717, 1.165) is 30.2 Å². The Morgan fingerprint density at radius 2 is 2.50 bits per heavy atom. The van der Waals surface area contributed by atoms with Crippen LogP contribution in [0, 0.1) is 11.3 Å². The number of hydrogen-bond donors (Lipinski definition) is 0. The molecule has 6 heteroatoms. The quantitative estimate of drug-likeness (QED) is 0.769. The fraction of sp³-hybridized carbons (Fsp3) is 0.500. The van der Waals surface area contributed by atoms with Crippen LogP contribution in [-0.2, 0) is 0 Å². The van der Waals surface area contributed by atoms with E-state index in [4.69, 9.17) is 5.26 Å². The monoisotopic (exact) mass is 252 g/mol. The van der Waals surface area contributed by atoms with Crippen molar-refractivity contribution in [2.75, 3.05) is 25.9 Å². The number of nitrogens with zero attached hydrogens (tertiary/aromatic N) is 4. The van der Waals surface area contributed by atoms with Gasteiger partial charge in [0.05, 0.1) is 23.6 Å². The highest BCUT2D eigenvalue weighted by atomic mass is 32.2. The molecule has 2 heterocycles. The molecular weight excluding hydrogens is 240 g/mol. The third kappa shape index (κ3) is 2.61. The van der Waals surface area contributed by atoms with Crippen molar-refractivity contribution in [2.24, 2.45) is 0 Å². The molecule has 16 heavy (non-hydrogen) atoms. The number of nitriles is 1. The summed E-state index contributed by atoms with van der Waals surface area (Å²) in [4.78, 5) is 2.27. The third-order valence-electron chi connectivity index (χ3n) is 2.38. The first-order chi connectivity index (χ1) is 7.81. The van der Waals surface area contributed by atoms with E-state index in [1.54, 1.807) is 0 Å². The van der Waals surface area contributed by atoms with Gasteiger partial charge in [-0.3, -0.25) is 0 Å². The van der Waals surface area contributed by atoms with E-state index in [0.29, 0.717) is 5.75 Å². The van der Waals surface area contributed by atoms with Crippen molar-refractivity contribution in [3.8, 4) is 6.07 Å². The SMILES string of the molecule is CN1CCC=C(c2nsnc2SCC#N)C1. The first-order valence-corrected chi connectivity index (χ1v) is 6.73. The van der Waals surface area contributed by atoms with Crippen molar-refractivity contribution in [3.63, 3.8) is 0 Å². The van der Waals surface area contributed by atoms with Crippen LogP contribution in [0.5, 0.6) is 0 Å². The minimum Gasteiger partial charge on any atom is -0.302 e. The summed E-state index contributed by atoms with van der Waals surface area (Å²) >= 11 is 2.69. The Labute approximate surface area is 103 Å². The Bertz CT molecular complexity index is 432. The molecule has 0 fully saturated rings.